The van der Waals surface area contributed by atoms with Crippen LogP contribution < -0.4 is 10.1 Å². The van der Waals surface area contributed by atoms with Gasteiger partial charge in [-0.2, -0.15) is 0 Å². The first-order chi connectivity index (χ1) is 11.7. The lowest BCUT2D eigenvalue weighted by atomic mass is 10.1. The molecule has 0 spiro atoms. The molecule has 1 N–H and O–H groups in total. The predicted molar refractivity (Wildman–Crippen MR) is 92.0 cm³/mol. The van der Waals surface area contributed by atoms with Crippen LogP contribution in [0.3, 0.4) is 0 Å². The Morgan fingerprint density at radius 1 is 1.04 bits per heavy atom. The van der Waals surface area contributed by atoms with E-state index in [2.05, 4.69) is 5.32 Å². The number of rotatable bonds is 5. The van der Waals surface area contributed by atoms with E-state index in [0.29, 0.717) is 24.4 Å². The quantitative estimate of drug-likeness (QED) is 0.916. The Balaban J connectivity index is 1.59. The number of ether oxygens (including phenoxy) is 1. The van der Waals surface area contributed by atoms with E-state index in [4.69, 9.17) is 4.74 Å². The zero-order chi connectivity index (χ0) is 16.8. The minimum absolute atomic E-state index is 0.0533. The van der Waals surface area contributed by atoms with Crippen LogP contribution in [-0.2, 0) is 9.59 Å². The monoisotopic (exact) mass is 324 g/mol. The molecule has 0 atom stereocenters. The normalized spacial score (nSPS) is 14.3. The minimum atomic E-state index is -0.192. The molecule has 5 nitrogen and oxygen atoms in total. The number of piperidine rings is 1. The zero-order valence-corrected chi connectivity index (χ0v) is 13.4. The summed E-state index contributed by atoms with van der Waals surface area (Å²) in [5.41, 5.74) is 0.651. The minimum Gasteiger partial charge on any atom is -0.457 e. The molecule has 2 aromatic rings. The molecule has 0 aliphatic carbocycles. The van der Waals surface area contributed by atoms with Crippen LogP contribution in [0.25, 0.3) is 0 Å². The van der Waals surface area contributed by atoms with Crippen molar-refractivity contribution in [3.8, 4) is 11.5 Å². The Labute approximate surface area is 141 Å². The van der Waals surface area contributed by atoms with Crippen molar-refractivity contribution in [2.75, 3.05) is 18.4 Å². The molecule has 3 rings (SSSR count). The van der Waals surface area contributed by atoms with Crippen LogP contribution in [0, 0.1) is 0 Å². The van der Waals surface area contributed by atoms with Crippen molar-refractivity contribution in [1.29, 1.82) is 0 Å². The second kappa shape index (κ2) is 7.64. The van der Waals surface area contributed by atoms with Crippen molar-refractivity contribution in [2.24, 2.45) is 0 Å². The summed E-state index contributed by atoms with van der Waals surface area (Å²) in [6, 6.07) is 16.7. The molecular formula is C19H20N2O3. The van der Waals surface area contributed by atoms with E-state index in [9.17, 15) is 9.59 Å². The molecule has 1 aliphatic heterocycles. The van der Waals surface area contributed by atoms with Crippen molar-refractivity contribution in [2.45, 2.75) is 19.3 Å². The highest BCUT2D eigenvalue weighted by Crippen LogP contribution is 2.23. The number of carbonyl (C=O) groups excluding carboxylic acids is 2. The van der Waals surface area contributed by atoms with E-state index in [0.717, 1.165) is 18.6 Å². The van der Waals surface area contributed by atoms with Gasteiger partial charge in [0.05, 0.1) is 6.54 Å². The summed E-state index contributed by atoms with van der Waals surface area (Å²) in [4.78, 5) is 25.5. The van der Waals surface area contributed by atoms with Crippen molar-refractivity contribution in [3.63, 3.8) is 0 Å². The van der Waals surface area contributed by atoms with Gasteiger partial charge in [-0.1, -0.05) is 24.3 Å². The SMILES string of the molecule is O=C(CN1CCCCC1=O)Nc1cccc(Oc2ccccc2)c1. The van der Waals surface area contributed by atoms with Crippen LogP contribution in [0.15, 0.2) is 54.6 Å². The average Bonchev–Trinajstić information content (AvgIpc) is 2.58. The van der Waals surface area contributed by atoms with Crippen molar-refractivity contribution in [1.82, 2.24) is 4.90 Å². The van der Waals surface area contributed by atoms with Gasteiger partial charge in [0.25, 0.3) is 0 Å². The number of nitrogens with zero attached hydrogens (tertiary/aromatic N) is 1. The number of likely N-dealkylation sites (tertiary alicyclic amines) is 1. The van der Waals surface area contributed by atoms with Crippen molar-refractivity contribution >= 4 is 17.5 Å². The highest BCUT2D eigenvalue weighted by atomic mass is 16.5. The van der Waals surface area contributed by atoms with Gasteiger partial charge in [-0.25, -0.2) is 0 Å². The maximum Gasteiger partial charge on any atom is 0.243 e. The van der Waals surface area contributed by atoms with Gasteiger partial charge in [-0.15, -0.1) is 0 Å². The number of carbonyl (C=O) groups is 2. The van der Waals surface area contributed by atoms with Crippen LogP contribution in [-0.4, -0.2) is 29.8 Å². The Bertz CT molecular complexity index is 716. The van der Waals surface area contributed by atoms with Crippen molar-refractivity contribution < 1.29 is 14.3 Å². The summed E-state index contributed by atoms with van der Waals surface area (Å²) in [5, 5.41) is 2.82. The Morgan fingerprint density at radius 2 is 1.83 bits per heavy atom. The predicted octanol–water partition coefficient (Wildman–Crippen LogP) is 3.43. The van der Waals surface area contributed by atoms with Gasteiger partial charge in [0.15, 0.2) is 0 Å². The fourth-order valence-electron chi connectivity index (χ4n) is 2.66. The molecule has 2 amide bonds. The van der Waals surface area contributed by atoms with E-state index in [1.807, 2.05) is 42.5 Å². The first kappa shape index (κ1) is 16.1. The van der Waals surface area contributed by atoms with Gasteiger partial charge in [0.1, 0.15) is 11.5 Å². The number of hydrogen-bond donors (Lipinski definition) is 1. The Morgan fingerprint density at radius 3 is 2.62 bits per heavy atom. The molecule has 0 unspecified atom stereocenters. The van der Waals surface area contributed by atoms with E-state index in [-0.39, 0.29) is 18.4 Å². The summed E-state index contributed by atoms with van der Waals surface area (Å²) >= 11 is 0. The molecule has 0 saturated carbocycles. The van der Waals surface area contributed by atoms with E-state index < -0.39 is 0 Å². The van der Waals surface area contributed by atoms with Crippen LogP contribution in [0.2, 0.25) is 0 Å². The number of benzene rings is 2. The van der Waals surface area contributed by atoms with E-state index >= 15 is 0 Å². The zero-order valence-electron chi connectivity index (χ0n) is 13.4. The Hall–Kier alpha value is -2.82. The molecule has 0 aromatic heterocycles. The second-order valence-corrected chi connectivity index (χ2v) is 5.76. The molecule has 1 fully saturated rings. The lowest BCUT2D eigenvalue weighted by Crippen LogP contribution is -2.40. The second-order valence-electron chi connectivity index (χ2n) is 5.76. The van der Waals surface area contributed by atoms with Gasteiger partial charge in [0, 0.05) is 24.7 Å². The van der Waals surface area contributed by atoms with Gasteiger partial charge in [-0.05, 0) is 37.1 Å². The smallest absolute Gasteiger partial charge is 0.243 e. The maximum absolute atomic E-state index is 12.2. The summed E-state index contributed by atoms with van der Waals surface area (Å²) in [6.45, 7) is 0.756. The topological polar surface area (TPSA) is 58.6 Å². The number of para-hydroxylation sites is 1. The molecule has 0 bridgehead atoms. The van der Waals surface area contributed by atoms with Crippen LogP contribution in [0.4, 0.5) is 5.69 Å². The van der Waals surface area contributed by atoms with Gasteiger partial charge >= 0.3 is 0 Å². The van der Waals surface area contributed by atoms with Gasteiger partial charge < -0.3 is 15.0 Å². The Kier molecular flexibility index (Phi) is 5.11. The van der Waals surface area contributed by atoms with Crippen molar-refractivity contribution in [3.05, 3.63) is 54.6 Å². The number of amides is 2. The molecule has 1 heterocycles. The number of nitrogens with one attached hydrogen (secondary N) is 1. The van der Waals surface area contributed by atoms with Crippen LogP contribution >= 0.6 is 0 Å². The van der Waals surface area contributed by atoms with Gasteiger partial charge in [0.2, 0.25) is 11.8 Å². The van der Waals surface area contributed by atoms with Crippen LogP contribution in [0.5, 0.6) is 11.5 Å². The molecular weight excluding hydrogens is 304 g/mol. The van der Waals surface area contributed by atoms with E-state index in [1.54, 1.807) is 17.0 Å². The average molecular weight is 324 g/mol. The number of anilines is 1. The molecule has 1 aliphatic rings. The highest BCUT2D eigenvalue weighted by molar-refractivity contribution is 5.94. The lowest BCUT2D eigenvalue weighted by Gasteiger charge is -2.25. The molecule has 2 aromatic carbocycles. The lowest BCUT2D eigenvalue weighted by molar-refractivity contribution is -0.136. The summed E-state index contributed by atoms with van der Waals surface area (Å²) < 4.78 is 5.75. The van der Waals surface area contributed by atoms with E-state index in [1.165, 1.54) is 0 Å². The largest absolute Gasteiger partial charge is 0.457 e. The summed E-state index contributed by atoms with van der Waals surface area (Å²) in [6.07, 6.45) is 2.41. The fourth-order valence-corrected chi connectivity index (χ4v) is 2.66. The summed E-state index contributed by atoms with van der Waals surface area (Å²) in [5.74, 6) is 1.24. The van der Waals surface area contributed by atoms with Gasteiger partial charge in [-0.3, -0.25) is 9.59 Å². The standard InChI is InChI=1S/C19H20N2O3/c22-18(14-21-12-5-4-11-19(21)23)20-15-7-6-10-17(13-15)24-16-8-2-1-3-9-16/h1-3,6-10,13H,4-5,11-12,14H2,(H,20,22). The molecule has 124 valence electrons. The molecule has 24 heavy (non-hydrogen) atoms. The highest BCUT2D eigenvalue weighted by Gasteiger charge is 2.20. The molecule has 0 radical (unpaired) electrons. The number of hydrogen-bond acceptors (Lipinski definition) is 3. The first-order valence-corrected chi connectivity index (χ1v) is 8.11. The molecule has 1 saturated heterocycles. The fraction of sp³-hybridized carbons (Fsp3) is 0.263. The summed E-state index contributed by atoms with van der Waals surface area (Å²) in [7, 11) is 0. The third kappa shape index (κ3) is 4.35. The molecule has 5 heteroatoms. The third-order valence-electron chi connectivity index (χ3n) is 3.85. The third-order valence-corrected chi connectivity index (χ3v) is 3.85. The first-order valence-electron chi connectivity index (χ1n) is 8.11. The maximum atomic E-state index is 12.2. The van der Waals surface area contributed by atoms with Crippen LogP contribution in [0.1, 0.15) is 19.3 Å².